The molecule has 0 bridgehead atoms. The maximum Gasteiger partial charge on any atom is 0.325 e. The SMILES string of the molecule is CCOC(=O)CN1C(=S)CSc2cc(Cl)ccc21. The number of hydrogen-bond acceptors (Lipinski definition) is 4. The maximum absolute atomic E-state index is 11.6. The Kier molecular flexibility index (Phi) is 4.48. The van der Waals surface area contributed by atoms with Gasteiger partial charge in [-0.2, -0.15) is 0 Å². The maximum atomic E-state index is 11.6. The van der Waals surface area contributed by atoms with Crippen LogP contribution >= 0.6 is 35.6 Å². The molecule has 96 valence electrons. The number of carbonyl (C=O) groups excluding carboxylic acids is 1. The quantitative estimate of drug-likeness (QED) is 0.632. The second-order valence-electron chi connectivity index (χ2n) is 3.69. The molecular formula is C12H12ClNO2S2. The number of fused-ring (bicyclic) bond motifs is 1. The molecule has 0 spiro atoms. The summed E-state index contributed by atoms with van der Waals surface area (Å²) in [5.74, 6) is 0.412. The summed E-state index contributed by atoms with van der Waals surface area (Å²) in [4.78, 5) is 15.2. The summed E-state index contributed by atoms with van der Waals surface area (Å²) >= 11 is 12.9. The minimum absolute atomic E-state index is 0.155. The smallest absolute Gasteiger partial charge is 0.325 e. The summed E-state index contributed by atoms with van der Waals surface area (Å²) in [6.45, 7) is 2.32. The Bertz CT molecular complexity index is 493. The Morgan fingerprint density at radius 3 is 3.11 bits per heavy atom. The summed E-state index contributed by atoms with van der Waals surface area (Å²) in [7, 11) is 0. The molecule has 1 aromatic carbocycles. The molecule has 1 heterocycles. The Labute approximate surface area is 120 Å². The van der Waals surface area contributed by atoms with Crippen LogP contribution in [0.5, 0.6) is 0 Å². The lowest BCUT2D eigenvalue weighted by Crippen LogP contribution is -2.38. The number of nitrogens with zero attached hydrogens (tertiary/aromatic N) is 1. The van der Waals surface area contributed by atoms with E-state index in [0.29, 0.717) is 17.4 Å². The molecular weight excluding hydrogens is 290 g/mol. The second kappa shape index (κ2) is 5.91. The topological polar surface area (TPSA) is 29.5 Å². The Balaban J connectivity index is 2.25. The molecule has 0 saturated carbocycles. The predicted molar refractivity (Wildman–Crippen MR) is 78.8 cm³/mol. The van der Waals surface area contributed by atoms with E-state index in [1.54, 1.807) is 24.8 Å². The minimum atomic E-state index is -0.271. The average Bonchev–Trinajstić information content (AvgIpc) is 2.33. The highest BCUT2D eigenvalue weighted by Crippen LogP contribution is 2.37. The van der Waals surface area contributed by atoms with Gasteiger partial charge < -0.3 is 9.64 Å². The van der Waals surface area contributed by atoms with Gasteiger partial charge in [-0.05, 0) is 25.1 Å². The van der Waals surface area contributed by atoms with Gasteiger partial charge in [0.2, 0.25) is 0 Å². The molecule has 0 fully saturated rings. The predicted octanol–water partition coefficient (Wildman–Crippen LogP) is 3.14. The molecule has 1 aromatic rings. The van der Waals surface area contributed by atoms with Crippen molar-refractivity contribution in [2.45, 2.75) is 11.8 Å². The number of thioether (sulfide) groups is 1. The molecule has 18 heavy (non-hydrogen) atoms. The molecule has 0 aromatic heterocycles. The first-order valence-corrected chi connectivity index (χ1v) is 7.27. The molecule has 0 unspecified atom stereocenters. The van der Waals surface area contributed by atoms with E-state index in [4.69, 9.17) is 28.6 Å². The van der Waals surface area contributed by atoms with Crippen LogP contribution in [-0.2, 0) is 9.53 Å². The van der Waals surface area contributed by atoms with Crippen LogP contribution in [0.15, 0.2) is 23.1 Å². The van der Waals surface area contributed by atoms with E-state index < -0.39 is 0 Å². The highest BCUT2D eigenvalue weighted by Gasteiger charge is 2.24. The van der Waals surface area contributed by atoms with Crippen LogP contribution in [0.3, 0.4) is 0 Å². The molecule has 0 atom stereocenters. The van der Waals surface area contributed by atoms with Crippen LogP contribution in [0, 0.1) is 0 Å². The Morgan fingerprint density at radius 2 is 2.39 bits per heavy atom. The van der Waals surface area contributed by atoms with Crippen LogP contribution in [0.1, 0.15) is 6.92 Å². The van der Waals surface area contributed by atoms with Crippen molar-refractivity contribution in [1.82, 2.24) is 0 Å². The van der Waals surface area contributed by atoms with Crippen molar-refractivity contribution < 1.29 is 9.53 Å². The first-order chi connectivity index (χ1) is 8.61. The first kappa shape index (κ1) is 13.6. The number of esters is 1. The second-order valence-corrected chi connectivity index (χ2v) is 5.61. The van der Waals surface area contributed by atoms with Crippen molar-refractivity contribution in [2.24, 2.45) is 0 Å². The van der Waals surface area contributed by atoms with E-state index in [1.807, 2.05) is 17.0 Å². The molecule has 6 heteroatoms. The Hall–Kier alpha value is -0.780. The third kappa shape index (κ3) is 2.96. The summed E-state index contributed by atoms with van der Waals surface area (Å²) in [5, 5.41) is 0.685. The van der Waals surface area contributed by atoms with Gasteiger partial charge in [-0.3, -0.25) is 4.79 Å². The fourth-order valence-electron chi connectivity index (χ4n) is 1.69. The van der Waals surface area contributed by atoms with Gasteiger partial charge in [0.25, 0.3) is 0 Å². The third-order valence-electron chi connectivity index (χ3n) is 2.46. The molecule has 0 N–H and O–H groups in total. The highest BCUT2D eigenvalue weighted by molar-refractivity contribution is 8.01. The highest BCUT2D eigenvalue weighted by atomic mass is 35.5. The summed E-state index contributed by atoms with van der Waals surface area (Å²) in [6, 6.07) is 5.57. The van der Waals surface area contributed by atoms with Crippen molar-refractivity contribution in [3.8, 4) is 0 Å². The van der Waals surface area contributed by atoms with Gasteiger partial charge in [-0.1, -0.05) is 23.8 Å². The fourth-order valence-corrected chi connectivity index (χ4v) is 3.24. The molecule has 0 aliphatic carbocycles. The van der Waals surface area contributed by atoms with E-state index in [1.165, 1.54) is 0 Å². The van der Waals surface area contributed by atoms with Gasteiger partial charge in [0.1, 0.15) is 6.54 Å². The molecule has 1 aliphatic heterocycles. The average molecular weight is 302 g/mol. The number of carbonyl (C=O) groups is 1. The zero-order chi connectivity index (χ0) is 13.1. The molecule has 3 nitrogen and oxygen atoms in total. The Morgan fingerprint density at radius 1 is 1.61 bits per heavy atom. The van der Waals surface area contributed by atoms with Gasteiger partial charge in [0.15, 0.2) is 0 Å². The van der Waals surface area contributed by atoms with Crippen molar-refractivity contribution in [2.75, 3.05) is 23.8 Å². The van der Waals surface area contributed by atoms with Crippen LogP contribution in [-0.4, -0.2) is 29.9 Å². The standard InChI is InChI=1S/C12H12ClNO2S2/c1-2-16-12(15)6-14-9-4-3-8(13)5-10(9)18-7-11(14)17/h3-5H,2,6-7H2,1H3. The lowest BCUT2D eigenvalue weighted by molar-refractivity contribution is -0.141. The van der Waals surface area contributed by atoms with Crippen LogP contribution in [0.2, 0.25) is 5.02 Å². The van der Waals surface area contributed by atoms with Crippen LogP contribution in [0.4, 0.5) is 5.69 Å². The van der Waals surface area contributed by atoms with Gasteiger partial charge in [0.05, 0.1) is 17.3 Å². The van der Waals surface area contributed by atoms with Crippen molar-refractivity contribution in [1.29, 1.82) is 0 Å². The zero-order valence-corrected chi connectivity index (χ0v) is 12.2. The largest absolute Gasteiger partial charge is 0.465 e. The monoisotopic (exact) mass is 301 g/mol. The lowest BCUT2D eigenvalue weighted by atomic mass is 10.2. The number of rotatable bonds is 3. The zero-order valence-electron chi connectivity index (χ0n) is 9.81. The van der Waals surface area contributed by atoms with Gasteiger partial charge in [0, 0.05) is 15.7 Å². The van der Waals surface area contributed by atoms with Crippen molar-refractivity contribution >= 4 is 52.2 Å². The number of anilines is 1. The van der Waals surface area contributed by atoms with E-state index in [0.717, 1.165) is 15.6 Å². The normalized spacial score (nSPS) is 14.3. The lowest BCUT2D eigenvalue weighted by Gasteiger charge is -2.30. The number of thiocarbonyl (C=S) groups is 1. The summed E-state index contributed by atoms with van der Waals surface area (Å²) in [6.07, 6.45) is 0. The summed E-state index contributed by atoms with van der Waals surface area (Å²) in [5.41, 5.74) is 0.925. The van der Waals surface area contributed by atoms with Crippen molar-refractivity contribution in [3.63, 3.8) is 0 Å². The number of halogens is 1. The van der Waals surface area contributed by atoms with Crippen LogP contribution in [0.25, 0.3) is 0 Å². The summed E-state index contributed by atoms with van der Waals surface area (Å²) < 4.78 is 4.96. The fraction of sp³-hybridized carbons (Fsp3) is 0.333. The minimum Gasteiger partial charge on any atom is -0.465 e. The molecule has 2 rings (SSSR count). The van der Waals surface area contributed by atoms with Crippen LogP contribution < -0.4 is 4.90 Å². The molecule has 1 aliphatic rings. The van der Waals surface area contributed by atoms with Crippen molar-refractivity contribution in [3.05, 3.63) is 23.2 Å². The van der Waals surface area contributed by atoms with E-state index in [-0.39, 0.29) is 12.5 Å². The molecule has 0 saturated heterocycles. The van der Waals surface area contributed by atoms with Gasteiger partial charge >= 0.3 is 5.97 Å². The number of hydrogen-bond donors (Lipinski definition) is 0. The van der Waals surface area contributed by atoms with Gasteiger partial charge in [-0.25, -0.2) is 0 Å². The first-order valence-electron chi connectivity index (χ1n) is 5.50. The number of benzene rings is 1. The third-order valence-corrected chi connectivity index (χ3v) is 4.30. The van der Waals surface area contributed by atoms with E-state index >= 15 is 0 Å². The van der Waals surface area contributed by atoms with Gasteiger partial charge in [-0.15, -0.1) is 11.8 Å². The van der Waals surface area contributed by atoms with E-state index in [9.17, 15) is 4.79 Å². The number of ether oxygens (including phenoxy) is 1. The van der Waals surface area contributed by atoms with E-state index in [2.05, 4.69) is 0 Å². The molecule has 0 radical (unpaired) electrons. The molecule has 0 amide bonds.